The van der Waals surface area contributed by atoms with Crippen LogP contribution in [0.3, 0.4) is 0 Å². The minimum Gasteiger partial charge on any atom is -0.508 e. The van der Waals surface area contributed by atoms with Crippen molar-refractivity contribution in [1.82, 2.24) is 14.9 Å². The number of phenols is 1. The van der Waals surface area contributed by atoms with Gasteiger partial charge in [-0.15, -0.1) is 0 Å². The van der Waals surface area contributed by atoms with Crippen molar-refractivity contribution < 1.29 is 23.0 Å². The van der Waals surface area contributed by atoms with E-state index in [1.54, 1.807) is 43.3 Å². The Hall–Kier alpha value is -3.59. The number of benzene rings is 3. The SMILES string of the molecule is CCc1c(F)ccc2cc(O)cc(-c3ccc4c(N(C)C)nc(OC[C@@]56CCCN5C[C@H](F)C6)nc4c3F)c12. The summed E-state index contributed by atoms with van der Waals surface area (Å²) < 4.78 is 51.5. The van der Waals surface area contributed by atoms with Crippen molar-refractivity contribution in [2.45, 2.75) is 44.3 Å². The highest BCUT2D eigenvalue weighted by atomic mass is 19.1. The van der Waals surface area contributed by atoms with Crippen LogP contribution in [0.15, 0.2) is 36.4 Å². The molecule has 2 atom stereocenters. The minimum absolute atomic E-state index is 0.0202. The number of hydrogen-bond acceptors (Lipinski definition) is 6. The van der Waals surface area contributed by atoms with E-state index in [1.165, 1.54) is 12.1 Å². The summed E-state index contributed by atoms with van der Waals surface area (Å²) in [5, 5.41) is 12.1. The predicted molar refractivity (Wildman–Crippen MR) is 146 cm³/mol. The maximum Gasteiger partial charge on any atom is 0.319 e. The fourth-order valence-corrected chi connectivity index (χ4v) is 6.44. The number of aryl methyl sites for hydroxylation is 1. The van der Waals surface area contributed by atoms with E-state index in [0.717, 1.165) is 19.4 Å². The Labute approximate surface area is 225 Å². The number of phenolic OH excluding ortho intramolecular Hbond substituents is 1. The van der Waals surface area contributed by atoms with Crippen LogP contribution in [-0.4, -0.2) is 65.5 Å². The molecular weight excluding hydrogens is 505 g/mol. The van der Waals surface area contributed by atoms with E-state index < -0.39 is 17.5 Å². The molecule has 4 aromatic rings. The molecule has 1 aromatic heterocycles. The summed E-state index contributed by atoms with van der Waals surface area (Å²) >= 11 is 0. The van der Waals surface area contributed by atoms with Crippen molar-refractivity contribution in [3.8, 4) is 22.9 Å². The second kappa shape index (κ2) is 9.55. The number of halogens is 3. The van der Waals surface area contributed by atoms with Crippen LogP contribution in [0.5, 0.6) is 11.8 Å². The topological polar surface area (TPSA) is 61.7 Å². The Morgan fingerprint density at radius 1 is 1.13 bits per heavy atom. The van der Waals surface area contributed by atoms with Crippen molar-refractivity contribution in [2.75, 3.05) is 38.7 Å². The molecule has 39 heavy (non-hydrogen) atoms. The Bertz CT molecular complexity index is 1590. The molecule has 3 heterocycles. The third-order valence-corrected chi connectivity index (χ3v) is 8.22. The maximum absolute atomic E-state index is 16.4. The first-order valence-corrected chi connectivity index (χ1v) is 13.3. The van der Waals surface area contributed by atoms with Gasteiger partial charge in [0.15, 0.2) is 5.82 Å². The maximum atomic E-state index is 16.4. The molecule has 6 nitrogen and oxygen atoms in total. The van der Waals surface area contributed by atoms with Gasteiger partial charge in [0.05, 0.1) is 5.54 Å². The number of hydrogen-bond donors (Lipinski definition) is 1. The average molecular weight is 537 g/mol. The van der Waals surface area contributed by atoms with Gasteiger partial charge >= 0.3 is 6.01 Å². The van der Waals surface area contributed by atoms with E-state index in [1.807, 2.05) is 6.92 Å². The zero-order valence-corrected chi connectivity index (χ0v) is 22.3. The molecule has 0 saturated carbocycles. The average Bonchev–Trinajstić information content (AvgIpc) is 3.43. The smallest absolute Gasteiger partial charge is 0.319 e. The molecule has 0 bridgehead atoms. The van der Waals surface area contributed by atoms with Crippen molar-refractivity contribution in [1.29, 1.82) is 0 Å². The predicted octanol–water partition coefficient (Wildman–Crippen LogP) is 6.02. The molecule has 2 fully saturated rings. The van der Waals surface area contributed by atoms with Crippen molar-refractivity contribution in [3.63, 3.8) is 0 Å². The van der Waals surface area contributed by atoms with Gasteiger partial charge in [0.25, 0.3) is 0 Å². The molecule has 2 aliphatic rings. The van der Waals surface area contributed by atoms with Crippen molar-refractivity contribution in [3.05, 3.63) is 53.6 Å². The zero-order chi connectivity index (χ0) is 27.5. The molecule has 2 saturated heterocycles. The van der Waals surface area contributed by atoms with Crippen LogP contribution >= 0.6 is 0 Å². The molecular formula is C30H31F3N4O2. The zero-order valence-electron chi connectivity index (χ0n) is 22.3. The van der Waals surface area contributed by atoms with Gasteiger partial charge in [-0.1, -0.05) is 19.1 Å². The van der Waals surface area contributed by atoms with Crippen LogP contribution in [0.1, 0.15) is 31.7 Å². The van der Waals surface area contributed by atoms with E-state index in [-0.39, 0.29) is 35.3 Å². The first-order valence-electron chi connectivity index (χ1n) is 13.3. The van der Waals surface area contributed by atoms with E-state index >= 15 is 4.39 Å². The lowest BCUT2D eigenvalue weighted by molar-refractivity contribution is 0.107. The molecule has 6 rings (SSSR count). The van der Waals surface area contributed by atoms with E-state index in [4.69, 9.17) is 4.74 Å². The number of rotatable bonds is 6. The lowest BCUT2D eigenvalue weighted by atomic mass is 9.92. The quantitative estimate of drug-likeness (QED) is 0.325. The third-order valence-electron chi connectivity index (χ3n) is 8.22. The van der Waals surface area contributed by atoms with E-state index in [9.17, 15) is 13.9 Å². The summed E-state index contributed by atoms with van der Waals surface area (Å²) in [6, 6.07) is 9.32. The summed E-state index contributed by atoms with van der Waals surface area (Å²) in [5.74, 6) is -0.563. The number of alkyl halides is 1. The van der Waals surface area contributed by atoms with Gasteiger partial charge < -0.3 is 14.7 Å². The Balaban J connectivity index is 1.49. The molecule has 9 heteroatoms. The summed E-state index contributed by atoms with van der Waals surface area (Å²) in [7, 11) is 3.61. The third kappa shape index (κ3) is 4.23. The highest BCUT2D eigenvalue weighted by Crippen LogP contribution is 2.42. The highest BCUT2D eigenvalue weighted by Gasteiger charge is 2.49. The summed E-state index contributed by atoms with van der Waals surface area (Å²) in [4.78, 5) is 12.9. The standard InChI is InChI=1S/C30H31F3N4O2/c1-4-20-24(32)9-6-17-12-19(38)13-23(25(17)20)21-7-8-22-27(26(21)33)34-29(35-28(22)36(2)3)39-16-30-10-5-11-37(30)15-18(31)14-30/h6-9,12-13,18,38H,4-5,10-11,14-16H2,1-3H3/t18-,30+/m1/s1. The van der Waals surface area contributed by atoms with Crippen molar-refractivity contribution in [2.24, 2.45) is 0 Å². The molecule has 1 N–H and O–H groups in total. The Kier molecular flexibility index (Phi) is 6.29. The summed E-state index contributed by atoms with van der Waals surface area (Å²) in [6.07, 6.45) is 1.73. The normalized spacial score (nSPS) is 21.1. The van der Waals surface area contributed by atoms with E-state index in [0.29, 0.717) is 52.5 Å². The number of nitrogens with zero attached hydrogens (tertiary/aromatic N) is 4. The number of fused-ring (bicyclic) bond motifs is 3. The molecule has 0 spiro atoms. The van der Waals surface area contributed by atoms with Gasteiger partial charge in [0.2, 0.25) is 0 Å². The van der Waals surface area contributed by atoms with E-state index in [2.05, 4.69) is 14.9 Å². The lowest BCUT2D eigenvalue weighted by Crippen LogP contribution is -2.43. The minimum atomic E-state index is -0.890. The van der Waals surface area contributed by atoms with Gasteiger partial charge in [0.1, 0.15) is 35.7 Å². The monoisotopic (exact) mass is 536 g/mol. The van der Waals surface area contributed by atoms with Crippen LogP contribution in [-0.2, 0) is 6.42 Å². The largest absolute Gasteiger partial charge is 0.508 e. The number of aromatic nitrogens is 2. The number of aromatic hydroxyl groups is 1. The van der Waals surface area contributed by atoms with Crippen LogP contribution in [0.25, 0.3) is 32.8 Å². The molecule has 3 aromatic carbocycles. The van der Waals surface area contributed by atoms with Gasteiger partial charge in [-0.05, 0) is 72.0 Å². The van der Waals surface area contributed by atoms with Crippen LogP contribution in [0.2, 0.25) is 0 Å². The Morgan fingerprint density at radius 2 is 1.95 bits per heavy atom. The molecule has 0 unspecified atom stereocenters. The van der Waals surface area contributed by atoms with Gasteiger partial charge in [-0.2, -0.15) is 9.97 Å². The van der Waals surface area contributed by atoms with Crippen LogP contribution in [0, 0.1) is 11.6 Å². The van der Waals surface area contributed by atoms with Gasteiger partial charge in [0, 0.05) is 38.0 Å². The molecule has 0 amide bonds. The van der Waals surface area contributed by atoms with Gasteiger partial charge in [-0.3, -0.25) is 4.90 Å². The fraction of sp³-hybridized carbons (Fsp3) is 0.400. The highest BCUT2D eigenvalue weighted by molar-refractivity contribution is 6.03. The lowest BCUT2D eigenvalue weighted by Gasteiger charge is -2.31. The second-order valence-electron chi connectivity index (χ2n) is 10.9. The number of anilines is 1. The number of ether oxygens (including phenoxy) is 1. The van der Waals surface area contributed by atoms with Crippen LogP contribution in [0.4, 0.5) is 19.0 Å². The molecule has 0 aliphatic carbocycles. The summed E-state index contributed by atoms with van der Waals surface area (Å²) in [6.45, 7) is 3.30. The first kappa shape index (κ1) is 25.7. The van der Waals surface area contributed by atoms with Crippen LogP contribution < -0.4 is 9.64 Å². The van der Waals surface area contributed by atoms with Gasteiger partial charge in [-0.25, -0.2) is 13.2 Å². The first-order chi connectivity index (χ1) is 18.7. The molecule has 2 aliphatic heterocycles. The summed E-state index contributed by atoms with van der Waals surface area (Å²) in [5.41, 5.74) is 0.689. The fourth-order valence-electron chi connectivity index (χ4n) is 6.44. The second-order valence-corrected chi connectivity index (χ2v) is 10.9. The Morgan fingerprint density at radius 3 is 2.72 bits per heavy atom. The molecule has 204 valence electrons. The van der Waals surface area contributed by atoms with Crippen molar-refractivity contribution >= 4 is 27.5 Å². The molecule has 0 radical (unpaired) electrons.